The maximum Gasteiger partial charge on any atom is 0.0544 e. The highest BCUT2D eigenvalue weighted by Gasteiger charge is 2.16. The summed E-state index contributed by atoms with van der Waals surface area (Å²) in [6.07, 6.45) is 7.66. The fraction of sp³-hybridized carbons (Fsp3) is 0.667. The predicted octanol–water partition coefficient (Wildman–Crippen LogP) is 2.42. The number of hydrogen-bond donors (Lipinski definition) is 1. The molecule has 0 aliphatic heterocycles. The number of hydrogen-bond acceptors (Lipinski definition) is 3. The Morgan fingerprint density at radius 1 is 1.33 bits per heavy atom. The number of pyridine rings is 1. The molecule has 1 aromatic heterocycles. The van der Waals surface area contributed by atoms with Crippen LogP contribution >= 0.6 is 0 Å². The molecule has 0 spiro atoms. The lowest BCUT2D eigenvalue weighted by molar-refractivity contribution is 0.268. The number of nitrogens with zero attached hydrogens (tertiary/aromatic N) is 2. The van der Waals surface area contributed by atoms with Crippen molar-refractivity contribution >= 4 is 0 Å². The molecule has 2 rings (SSSR count). The summed E-state index contributed by atoms with van der Waals surface area (Å²) in [5.74, 6) is 0.915. The standard InChI is InChI=1S/C15H25N3/c1-16-9-14-7-8-15(17-10-14)12-18(2)11-13-5-3-4-6-13/h7-8,10,13,16H,3-6,9,11-12H2,1-2H3. The molecule has 1 aliphatic rings. The summed E-state index contributed by atoms with van der Waals surface area (Å²) < 4.78 is 0. The summed E-state index contributed by atoms with van der Waals surface area (Å²) in [5.41, 5.74) is 2.43. The monoisotopic (exact) mass is 247 g/mol. The van der Waals surface area contributed by atoms with Crippen molar-refractivity contribution < 1.29 is 0 Å². The third-order valence-corrected chi connectivity index (χ3v) is 3.74. The van der Waals surface area contributed by atoms with E-state index in [0.29, 0.717) is 0 Å². The van der Waals surface area contributed by atoms with Gasteiger partial charge in [-0.25, -0.2) is 0 Å². The zero-order valence-electron chi connectivity index (χ0n) is 11.7. The second kappa shape index (κ2) is 6.86. The van der Waals surface area contributed by atoms with Crippen molar-refractivity contribution in [2.24, 2.45) is 5.92 Å². The van der Waals surface area contributed by atoms with Crippen molar-refractivity contribution in [3.63, 3.8) is 0 Å². The van der Waals surface area contributed by atoms with Crippen molar-refractivity contribution in [1.29, 1.82) is 0 Å². The summed E-state index contributed by atoms with van der Waals surface area (Å²) in [4.78, 5) is 6.94. The molecule has 0 unspecified atom stereocenters. The first-order valence-electron chi connectivity index (χ1n) is 7.05. The van der Waals surface area contributed by atoms with E-state index in [1.807, 2.05) is 13.2 Å². The summed E-state index contributed by atoms with van der Waals surface area (Å²) in [6, 6.07) is 4.32. The maximum absolute atomic E-state index is 4.53. The lowest BCUT2D eigenvalue weighted by Crippen LogP contribution is -2.24. The average molecular weight is 247 g/mol. The summed E-state index contributed by atoms with van der Waals surface area (Å²) in [5, 5.41) is 3.14. The van der Waals surface area contributed by atoms with E-state index in [1.54, 1.807) is 0 Å². The molecule has 1 saturated carbocycles. The topological polar surface area (TPSA) is 28.2 Å². The highest BCUT2D eigenvalue weighted by molar-refractivity contribution is 5.13. The Morgan fingerprint density at radius 2 is 2.11 bits per heavy atom. The quantitative estimate of drug-likeness (QED) is 0.837. The molecule has 3 nitrogen and oxygen atoms in total. The molecule has 0 atom stereocenters. The molecular weight excluding hydrogens is 222 g/mol. The van der Waals surface area contributed by atoms with Crippen molar-refractivity contribution in [1.82, 2.24) is 15.2 Å². The molecule has 0 amide bonds. The molecule has 0 bridgehead atoms. The Hall–Kier alpha value is -0.930. The van der Waals surface area contributed by atoms with Gasteiger partial charge in [-0.15, -0.1) is 0 Å². The highest BCUT2D eigenvalue weighted by Crippen LogP contribution is 2.25. The number of aromatic nitrogens is 1. The molecule has 0 saturated heterocycles. The summed E-state index contributed by atoms with van der Waals surface area (Å²) in [7, 11) is 4.17. The van der Waals surface area contributed by atoms with Crippen molar-refractivity contribution in [3.05, 3.63) is 29.6 Å². The fourth-order valence-corrected chi connectivity index (χ4v) is 2.83. The highest BCUT2D eigenvalue weighted by atomic mass is 15.1. The van der Waals surface area contributed by atoms with Gasteiger partial charge >= 0.3 is 0 Å². The summed E-state index contributed by atoms with van der Waals surface area (Å²) >= 11 is 0. The van der Waals surface area contributed by atoms with E-state index in [9.17, 15) is 0 Å². The second-order valence-corrected chi connectivity index (χ2v) is 5.54. The zero-order chi connectivity index (χ0) is 12.8. The van der Waals surface area contributed by atoms with Gasteiger partial charge in [-0.2, -0.15) is 0 Å². The van der Waals surface area contributed by atoms with E-state index in [0.717, 1.165) is 19.0 Å². The molecule has 18 heavy (non-hydrogen) atoms. The molecule has 3 heteroatoms. The fourth-order valence-electron chi connectivity index (χ4n) is 2.83. The Morgan fingerprint density at radius 3 is 2.72 bits per heavy atom. The smallest absolute Gasteiger partial charge is 0.0544 e. The molecule has 100 valence electrons. The van der Waals surface area contributed by atoms with Gasteiger partial charge in [0.15, 0.2) is 0 Å². The van der Waals surface area contributed by atoms with E-state index in [1.165, 1.54) is 43.5 Å². The van der Waals surface area contributed by atoms with Gasteiger partial charge in [0.25, 0.3) is 0 Å². The van der Waals surface area contributed by atoms with Gasteiger partial charge in [0.1, 0.15) is 0 Å². The minimum atomic E-state index is 0.894. The average Bonchev–Trinajstić information content (AvgIpc) is 2.84. The molecular formula is C15H25N3. The first-order chi connectivity index (χ1) is 8.78. The van der Waals surface area contributed by atoms with Gasteiger partial charge < -0.3 is 10.2 Å². The third kappa shape index (κ3) is 4.07. The van der Waals surface area contributed by atoms with Gasteiger partial charge in [-0.05, 0) is 44.5 Å². The maximum atomic E-state index is 4.53. The first-order valence-corrected chi connectivity index (χ1v) is 7.05. The summed E-state index contributed by atoms with van der Waals surface area (Å²) in [6.45, 7) is 3.08. The van der Waals surface area contributed by atoms with Gasteiger partial charge in [0, 0.05) is 25.8 Å². The molecule has 1 heterocycles. The van der Waals surface area contributed by atoms with Crippen molar-refractivity contribution in [2.45, 2.75) is 38.8 Å². The van der Waals surface area contributed by atoms with Crippen LogP contribution in [0.4, 0.5) is 0 Å². The van der Waals surface area contributed by atoms with Crippen LogP contribution in [0.1, 0.15) is 36.9 Å². The SMILES string of the molecule is CNCc1ccc(CN(C)CC2CCCC2)nc1. The van der Waals surface area contributed by atoms with Gasteiger partial charge in [-0.1, -0.05) is 18.9 Å². The van der Waals surface area contributed by atoms with Crippen molar-refractivity contribution in [2.75, 3.05) is 20.6 Å². The Kier molecular flexibility index (Phi) is 5.14. The van der Waals surface area contributed by atoms with E-state index in [2.05, 4.69) is 34.4 Å². The lowest BCUT2D eigenvalue weighted by atomic mass is 10.1. The van der Waals surface area contributed by atoms with Crippen LogP contribution in [0, 0.1) is 5.92 Å². The minimum absolute atomic E-state index is 0.894. The van der Waals surface area contributed by atoms with Gasteiger partial charge in [0.05, 0.1) is 5.69 Å². The molecule has 1 aromatic rings. The predicted molar refractivity (Wildman–Crippen MR) is 75.3 cm³/mol. The largest absolute Gasteiger partial charge is 0.316 e. The third-order valence-electron chi connectivity index (χ3n) is 3.74. The van der Waals surface area contributed by atoms with E-state index in [-0.39, 0.29) is 0 Å². The number of rotatable bonds is 6. The lowest BCUT2D eigenvalue weighted by Gasteiger charge is -2.20. The Bertz CT molecular complexity index is 341. The van der Waals surface area contributed by atoms with Crippen LogP contribution in [0.25, 0.3) is 0 Å². The molecule has 0 aromatic carbocycles. The molecule has 1 fully saturated rings. The van der Waals surface area contributed by atoms with E-state index >= 15 is 0 Å². The van der Waals surface area contributed by atoms with Crippen LogP contribution in [0.3, 0.4) is 0 Å². The minimum Gasteiger partial charge on any atom is -0.316 e. The van der Waals surface area contributed by atoms with Crippen LogP contribution in [0.15, 0.2) is 18.3 Å². The van der Waals surface area contributed by atoms with E-state index in [4.69, 9.17) is 0 Å². The molecule has 1 aliphatic carbocycles. The van der Waals surface area contributed by atoms with Gasteiger partial charge in [-0.3, -0.25) is 4.98 Å². The second-order valence-electron chi connectivity index (χ2n) is 5.54. The first kappa shape index (κ1) is 13.5. The Labute approximate surface area is 111 Å². The number of nitrogens with one attached hydrogen (secondary N) is 1. The van der Waals surface area contributed by atoms with Crippen LogP contribution in [0.5, 0.6) is 0 Å². The van der Waals surface area contributed by atoms with Gasteiger partial charge in [0.2, 0.25) is 0 Å². The Balaban J connectivity index is 1.80. The van der Waals surface area contributed by atoms with Crippen LogP contribution < -0.4 is 5.32 Å². The van der Waals surface area contributed by atoms with Crippen molar-refractivity contribution in [3.8, 4) is 0 Å². The molecule has 1 N–H and O–H groups in total. The van der Waals surface area contributed by atoms with Crippen LogP contribution in [-0.4, -0.2) is 30.5 Å². The normalized spacial score (nSPS) is 16.6. The van der Waals surface area contributed by atoms with Crippen LogP contribution in [0.2, 0.25) is 0 Å². The zero-order valence-corrected chi connectivity index (χ0v) is 11.7. The molecule has 0 radical (unpaired) electrons. The van der Waals surface area contributed by atoms with Crippen LogP contribution in [-0.2, 0) is 13.1 Å². The van der Waals surface area contributed by atoms with E-state index < -0.39 is 0 Å².